The molecule has 0 spiro atoms. The summed E-state index contributed by atoms with van der Waals surface area (Å²) >= 11 is 0. The summed E-state index contributed by atoms with van der Waals surface area (Å²) < 4.78 is 7.10. The average Bonchev–Trinajstić information content (AvgIpc) is 3.64. The minimum atomic E-state index is 0.847. The van der Waals surface area contributed by atoms with Crippen molar-refractivity contribution in [3.8, 4) is 44.5 Å². The standard InChI is InChI=1S/C52H35NO/c1-4-13-36(14-5-1)39-25-29-45(30-26-39)53(46-31-27-40(28-32-46)37-15-6-2-7-16-37)50-22-12-21-47-49-35-44(43-24-23-38-17-10-11-20-42(38)33-43)34-48(51(49)54-52(47)50)41-18-8-3-9-19-41/h1-35H. The first kappa shape index (κ1) is 31.6. The molecule has 0 saturated carbocycles. The van der Waals surface area contributed by atoms with Gasteiger partial charge in [-0.1, -0.05) is 164 Å². The lowest BCUT2D eigenvalue weighted by molar-refractivity contribution is 0.670. The van der Waals surface area contributed by atoms with Crippen molar-refractivity contribution in [2.45, 2.75) is 0 Å². The number of hydrogen-bond donors (Lipinski definition) is 0. The zero-order valence-electron chi connectivity index (χ0n) is 29.6. The second-order valence-electron chi connectivity index (χ2n) is 13.7. The Morgan fingerprint density at radius 3 is 1.43 bits per heavy atom. The summed E-state index contributed by atoms with van der Waals surface area (Å²) in [7, 11) is 0. The molecule has 0 radical (unpaired) electrons. The molecule has 0 aliphatic heterocycles. The Hall–Kier alpha value is -7.16. The third kappa shape index (κ3) is 5.71. The van der Waals surface area contributed by atoms with Crippen LogP contribution in [0.1, 0.15) is 0 Å². The normalized spacial score (nSPS) is 11.3. The van der Waals surface area contributed by atoms with Gasteiger partial charge in [0.2, 0.25) is 0 Å². The van der Waals surface area contributed by atoms with Gasteiger partial charge >= 0.3 is 0 Å². The molecule has 0 N–H and O–H groups in total. The van der Waals surface area contributed by atoms with Crippen molar-refractivity contribution in [1.29, 1.82) is 0 Å². The lowest BCUT2D eigenvalue weighted by Crippen LogP contribution is -2.10. The highest BCUT2D eigenvalue weighted by Crippen LogP contribution is 2.46. The van der Waals surface area contributed by atoms with E-state index in [1.165, 1.54) is 38.6 Å². The van der Waals surface area contributed by atoms with Crippen LogP contribution in [-0.4, -0.2) is 0 Å². The van der Waals surface area contributed by atoms with Gasteiger partial charge in [-0.25, -0.2) is 0 Å². The number of rotatable bonds is 7. The second kappa shape index (κ2) is 13.4. The maximum Gasteiger partial charge on any atom is 0.159 e. The first-order chi connectivity index (χ1) is 26.8. The molecule has 10 aromatic rings. The van der Waals surface area contributed by atoms with Crippen LogP contribution < -0.4 is 4.90 Å². The van der Waals surface area contributed by atoms with Crippen LogP contribution in [0.15, 0.2) is 217 Å². The van der Waals surface area contributed by atoms with Gasteiger partial charge in [0.1, 0.15) is 5.58 Å². The molecule has 2 heteroatoms. The van der Waals surface area contributed by atoms with E-state index in [9.17, 15) is 0 Å². The maximum atomic E-state index is 7.10. The number of hydrogen-bond acceptors (Lipinski definition) is 2. The van der Waals surface area contributed by atoms with E-state index in [0.717, 1.165) is 55.7 Å². The van der Waals surface area contributed by atoms with E-state index in [1.54, 1.807) is 0 Å². The van der Waals surface area contributed by atoms with Gasteiger partial charge in [0.15, 0.2) is 5.58 Å². The highest BCUT2D eigenvalue weighted by atomic mass is 16.3. The fourth-order valence-corrected chi connectivity index (χ4v) is 7.72. The first-order valence-electron chi connectivity index (χ1n) is 18.4. The molecule has 1 heterocycles. The lowest BCUT2D eigenvalue weighted by Gasteiger charge is -2.26. The molecule has 0 bridgehead atoms. The molecule has 2 nitrogen and oxygen atoms in total. The zero-order valence-corrected chi connectivity index (χ0v) is 29.6. The molecule has 9 aromatic carbocycles. The molecule has 254 valence electrons. The number of anilines is 3. The molecule has 10 rings (SSSR count). The van der Waals surface area contributed by atoms with Crippen molar-refractivity contribution in [2.75, 3.05) is 4.90 Å². The third-order valence-electron chi connectivity index (χ3n) is 10.5. The van der Waals surface area contributed by atoms with Crippen LogP contribution >= 0.6 is 0 Å². The van der Waals surface area contributed by atoms with Gasteiger partial charge in [-0.3, -0.25) is 0 Å². The van der Waals surface area contributed by atoms with Crippen molar-refractivity contribution in [2.24, 2.45) is 0 Å². The Kier molecular flexibility index (Phi) is 7.85. The number of nitrogens with zero attached hydrogens (tertiary/aromatic N) is 1. The van der Waals surface area contributed by atoms with Crippen LogP contribution in [0, 0.1) is 0 Å². The number of furan rings is 1. The molecular formula is C52H35NO. The number of fused-ring (bicyclic) bond motifs is 4. The van der Waals surface area contributed by atoms with Crippen molar-refractivity contribution in [3.05, 3.63) is 212 Å². The monoisotopic (exact) mass is 689 g/mol. The maximum absolute atomic E-state index is 7.10. The van der Waals surface area contributed by atoms with Crippen molar-refractivity contribution < 1.29 is 4.42 Å². The van der Waals surface area contributed by atoms with Crippen molar-refractivity contribution >= 4 is 49.8 Å². The van der Waals surface area contributed by atoms with Gasteiger partial charge in [0, 0.05) is 27.7 Å². The molecule has 54 heavy (non-hydrogen) atoms. The Morgan fingerprint density at radius 1 is 0.296 bits per heavy atom. The SMILES string of the molecule is c1ccc(-c2ccc(N(c3ccc(-c4ccccc4)cc3)c3cccc4c3oc3c(-c5ccccc5)cc(-c5ccc6ccccc6c5)cc34)cc2)cc1. The summed E-state index contributed by atoms with van der Waals surface area (Å²) in [4.78, 5) is 2.32. The third-order valence-corrected chi connectivity index (χ3v) is 10.5. The Labute approximate surface area is 314 Å². The molecule has 1 aromatic heterocycles. The van der Waals surface area contributed by atoms with Crippen LogP contribution in [-0.2, 0) is 0 Å². The minimum absolute atomic E-state index is 0.847. The van der Waals surface area contributed by atoms with Crippen LogP contribution in [0.4, 0.5) is 17.1 Å². The molecule has 0 aliphatic rings. The highest BCUT2D eigenvalue weighted by Gasteiger charge is 2.22. The molecule has 0 unspecified atom stereocenters. The molecule has 0 aliphatic carbocycles. The van der Waals surface area contributed by atoms with Crippen LogP contribution in [0.2, 0.25) is 0 Å². The predicted octanol–water partition coefficient (Wildman–Crippen LogP) is 14.9. The summed E-state index contributed by atoms with van der Waals surface area (Å²) in [5, 5.41) is 4.63. The summed E-state index contributed by atoms with van der Waals surface area (Å²) in [5.41, 5.74) is 14.1. The van der Waals surface area contributed by atoms with E-state index in [1.807, 2.05) is 0 Å². The highest BCUT2D eigenvalue weighted by molar-refractivity contribution is 6.15. The van der Waals surface area contributed by atoms with E-state index >= 15 is 0 Å². The molecule has 0 atom stereocenters. The number of benzene rings is 9. The Balaban J connectivity index is 1.18. The average molecular weight is 690 g/mol. The molecule has 0 amide bonds. The summed E-state index contributed by atoms with van der Waals surface area (Å²) in [6.45, 7) is 0. The summed E-state index contributed by atoms with van der Waals surface area (Å²) in [6.07, 6.45) is 0. The Bertz CT molecular complexity index is 2810. The van der Waals surface area contributed by atoms with Crippen molar-refractivity contribution in [1.82, 2.24) is 0 Å². The first-order valence-corrected chi connectivity index (χ1v) is 18.4. The van der Waals surface area contributed by atoms with E-state index in [2.05, 4.69) is 217 Å². The smallest absolute Gasteiger partial charge is 0.159 e. The summed E-state index contributed by atoms with van der Waals surface area (Å²) in [5.74, 6) is 0. The molecule has 0 fully saturated rings. The van der Waals surface area contributed by atoms with E-state index < -0.39 is 0 Å². The van der Waals surface area contributed by atoms with E-state index in [0.29, 0.717) is 0 Å². The van der Waals surface area contributed by atoms with Gasteiger partial charge in [-0.05, 0) is 98.2 Å². The van der Waals surface area contributed by atoms with Gasteiger partial charge in [-0.2, -0.15) is 0 Å². The molecule has 0 saturated heterocycles. The van der Waals surface area contributed by atoms with Crippen LogP contribution in [0.3, 0.4) is 0 Å². The fourth-order valence-electron chi connectivity index (χ4n) is 7.72. The van der Waals surface area contributed by atoms with Gasteiger partial charge < -0.3 is 9.32 Å². The van der Waals surface area contributed by atoms with Crippen LogP contribution in [0.5, 0.6) is 0 Å². The lowest BCUT2D eigenvalue weighted by atomic mass is 9.94. The largest absolute Gasteiger partial charge is 0.453 e. The minimum Gasteiger partial charge on any atom is -0.453 e. The van der Waals surface area contributed by atoms with Crippen molar-refractivity contribution in [3.63, 3.8) is 0 Å². The van der Waals surface area contributed by atoms with E-state index in [4.69, 9.17) is 4.42 Å². The van der Waals surface area contributed by atoms with Gasteiger partial charge in [-0.15, -0.1) is 0 Å². The Morgan fingerprint density at radius 2 is 0.815 bits per heavy atom. The summed E-state index contributed by atoms with van der Waals surface area (Å²) in [6, 6.07) is 75.7. The van der Waals surface area contributed by atoms with Gasteiger partial charge in [0.05, 0.1) is 5.69 Å². The topological polar surface area (TPSA) is 16.4 Å². The van der Waals surface area contributed by atoms with Crippen LogP contribution in [0.25, 0.3) is 77.2 Å². The second-order valence-corrected chi connectivity index (χ2v) is 13.7. The van der Waals surface area contributed by atoms with Gasteiger partial charge in [0.25, 0.3) is 0 Å². The van der Waals surface area contributed by atoms with E-state index in [-0.39, 0.29) is 0 Å². The fraction of sp³-hybridized carbons (Fsp3) is 0. The number of para-hydroxylation sites is 1. The molecular weight excluding hydrogens is 655 g/mol. The predicted molar refractivity (Wildman–Crippen MR) is 228 cm³/mol. The quantitative estimate of drug-likeness (QED) is 0.166. The zero-order chi connectivity index (χ0) is 35.8.